The van der Waals surface area contributed by atoms with Crippen LogP contribution in [0.1, 0.15) is 42.5 Å². The molecule has 2 unspecified atom stereocenters. The molecule has 1 aromatic heterocycles. The molecule has 1 amide bonds. The topological polar surface area (TPSA) is 70.2 Å². The fourth-order valence-corrected chi connectivity index (χ4v) is 4.34. The molecule has 2 saturated heterocycles. The van der Waals surface area contributed by atoms with Gasteiger partial charge in [-0.3, -0.25) is 4.79 Å². The van der Waals surface area contributed by atoms with Gasteiger partial charge in [0.05, 0.1) is 0 Å². The van der Waals surface area contributed by atoms with Gasteiger partial charge in [0.2, 0.25) is 5.95 Å². The van der Waals surface area contributed by atoms with E-state index < -0.39 is 0 Å². The first-order valence-corrected chi connectivity index (χ1v) is 9.96. The molecule has 0 spiro atoms. The van der Waals surface area contributed by atoms with Gasteiger partial charge in [-0.25, -0.2) is 9.97 Å². The summed E-state index contributed by atoms with van der Waals surface area (Å²) in [4.78, 5) is 23.5. The van der Waals surface area contributed by atoms with Crippen molar-refractivity contribution in [1.29, 1.82) is 0 Å². The van der Waals surface area contributed by atoms with Crippen molar-refractivity contribution in [1.82, 2.24) is 20.2 Å². The Hall–Kier alpha value is -2.47. The number of amides is 1. The SMILES string of the molecule is O=C(NCC1CCCN2CCCCC12)c1ccc(Nc2ncccn2)cc1. The average molecular weight is 365 g/mol. The second kappa shape index (κ2) is 8.48. The lowest BCUT2D eigenvalue weighted by Gasteiger charge is -2.44. The van der Waals surface area contributed by atoms with Crippen molar-refractivity contribution in [2.45, 2.75) is 38.1 Å². The van der Waals surface area contributed by atoms with Crippen molar-refractivity contribution in [3.05, 3.63) is 48.3 Å². The van der Waals surface area contributed by atoms with Crippen LogP contribution in [-0.2, 0) is 0 Å². The van der Waals surface area contributed by atoms with Crippen molar-refractivity contribution in [3.8, 4) is 0 Å². The fourth-order valence-electron chi connectivity index (χ4n) is 4.34. The van der Waals surface area contributed by atoms with Gasteiger partial charge in [0.25, 0.3) is 5.91 Å². The van der Waals surface area contributed by atoms with Crippen molar-refractivity contribution in [2.75, 3.05) is 25.0 Å². The fraction of sp³-hybridized carbons (Fsp3) is 0.476. The minimum Gasteiger partial charge on any atom is -0.352 e. The highest BCUT2D eigenvalue weighted by molar-refractivity contribution is 5.94. The van der Waals surface area contributed by atoms with Crippen LogP contribution in [0.25, 0.3) is 0 Å². The van der Waals surface area contributed by atoms with E-state index >= 15 is 0 Å². The quantitative estimate of drug-likeness (QED) is 0.851. The van der Waals surface area contributed by atoms with Crippen LogP contribution < -0.4 is 10.6 Å². The van der Waals surface area contributed by atoms with E-state index in [1.165, 1.54) is 45.2 Å². The van der Waals surface area contributed by atoms with E-state index in [2.05, 4.69) is 25.5 Å². The molecule has 0 aliphatic carbocycles. The number of nitrogens with zero attached hydrogens (tertiary/aromatic N) is 3. The second-order valence-corrected chi connectivity index (χ2v) is 7.49. The third-order valence-corrected chi connectivity index (χ3v) is 5.72. The molecule has 2 aromatic rings. The van der Waals surface area contributed by atoms with Crippen LogP contribution in [0.15, 0.2) is 42.7 Å². The summed E-state index contributed by atoms with van der Waals surface area (Å²) in [7, 11) is 0. The van der Waals surface area contributed by atoms with Gasteiger partial charge in [-0.05, 0) is 75.0 Å². The first-order valence-electron chi connectivity index (χ1n) is 9.96. The van der Waals surface area contributed by atoms with Gasteiger partial charge in [0.15, 0.2) is 0 Å². The first-order chi connectivity index (χ1) is 13.3. The Labute approximate surface area is 160 Å². The van der Waals surface area contributed by atoms with Gasteiger partial charge in [0, 0.05) is 36.2 Å². The molecule has 6 nitrogen and oxygen atoms in total. The highest BCUT2D eigenvalue weighted by Crippen LogP contribution is 2.30. The minimum atomic E-state index is 0.00504. The van der Waals surface area contributed by atoms with Crippen LogP contribution in [-0.4, -0.2) is 46.5 Å². The monoisotopic (exact) mass is 365 g/mol. The van der Waals surface area contributed by atoms with E-state index in [0.717, 1.165) is 12.2 Å². The molecular weight excluding hydrogens is 338 g/mol. The van der Waals surface area contributed by atoms with Crippen molar-refractivity contribution < 1.29 is 4.79 Å². The zero-order valence-corrected chi connectivity index (χ0v) is 15.6. The first kappa shape index (κ1) is 17.9. The molecule has 1 aromatic carbocycles. The van der Waals surface area contributed by atoms with Gasteiger partial charge in [-0.15, -0.1) is 0 Å². The minimum absolute atomic E-state index is 0.00504. The van der Waals surface area contributed by atoms with E-state index in [-0.39, 0.29) is 5.91 Å². The molecule has 0 radical (unpaired) electrons. The van der Waals surface area contributed by atoms with Crippen molar-refractivity contribution >= 4 is 17.5 Å². The molecule has 2 atom stereocenters. The molecule has 27 heavy (non-hydrogen) atoms. The zero-order valence-electron chi connectivity index (χ0n) is 15.6. The normalized spacial score (nSPS) is 22.7. The molecule has 0 bridgehead atoms. The lowest BCUT2D eigenvalue weighted by Crippen LogP contribution is -2.51. The number of anilines is 2. The lowest BCUT2D eigenvalue weighted by atomic mass is 9.83. The summed E-state index contributed by atoms with van der Waals surface area (Å²) in [6.45, 7) is 3.24. The van der Waals surface area contributed by atoms with Crippen molar-refractivity contribution in [2.24, 2.45) is 5.92 Å². The number of carbonyl (C=O) groups is 1. The van der Waals surface area contributed by atoms with Gasteiger partial charge in [-0.2, -0.15) is 0 Å². The maximum Gasteiger partial charge on any atom is 0.251 e. The maximum absolute atomic E-state index is 12.5. The average Bonchev–Trinajstić information content (AvgIpc) is 2.73. The lowest BCUT2D eigenvalue weighted by molar-refractivity contribution is 0.0575. The largest absolute Gasteiger partial charge is 0.352 e. The van der Waals surface area contributed by atoms with E-state index in [1.54, 1.807) is 18.5 Å². The number of aromatic nitrogens is 2. The molecule has 2 fully saturated rings. The molecule has 2 N–H and O–H groups in total. The molecular formula is C21H27N5O. The Morgan fingerprint density at radius 1 is 1.04 bits per heavy atom. The van der Waals surface area contributed by atoms with E-state index in [9.17, 15) is 4.79 Å². The van der Waals surface area contributed by atoms with Crippen LogP contribution in [0, 0.1) is 5.92 Å². The number of nitrogens with one attached hydrogen (secondary N) is 2. The standard InChI is InChI=1S/C21H27N5O/c27-20(24-15-17-5-3-14-26-13-2-1-6-19(17)26)16-7-9-18(10-8-16)25-21-22-11-4-12-23-21/h4,7-12,17,19H,1-3,5-6,13-15H2,(H,24,27)(H,22,23,25). The van der Waals surface area contributed by atoms with Gasteiger partial charge < -0.3 is 15.5 Å². The Morgan fingerprint density at radius 2 is 1.81 bits per heavy atom. The highest BCUT2D eigenvalue weighted by Gasteiger charge is 2.32. The summed E-state index contributed by atoms with van der Waals surface area (Å²) in [5.41, 5.74) is 1.55. The summed E-state index contributed by atoms with van der Waals surface area (Å²) in [6, 6.07) is 9.88. The molecule has 2 aliphatic heterocycles. The number of rotatable bonds is 5. The summed E-state index contributed by atoms with van der Waals surface area (Å²) >= 11 is 0. The van der Waals surface area contributed by atoms with Crippen LogP contribution in [0.5, 0.6) is 0 Å². The Balaban J connectivity index is 1.31. The summed E-state index contributed by atoms with van der Waals surface area (Å²) in [5, 5.41) is 6.29. The van der Waals surface area contributed by atoms with E-state index in [1.807, 2.05) is 24.3 Å². The van der Waals surface area contributed by atoms with Crippen LogP contribution in [0.3, 0.4) is 0 Å². The number of fused-ring (bicyclic) bond motifs is 1. The predicted molar refractivity (Wildman–Crippen MR) is 106 cm³/mol. The van der Waals surface area contributed by atoms with E-state index in [0.29, 0.717) is 23.5 Å². The molecule has 0 saturated carbocycles. The van der Waals surface area contributed by atoms with Crippen LogP contribution >= 0.6 is 0 Å². The third kappa shape index (κ3) is 4.45. The van der Waals surface area contributed by atoms with Crippen LogP contribution in [0.2, 0.25) is 0 Å². The highest BCUT2D eigenvalue weighted by atomic mass is 16.1. The Kier molecular flexibility index (Phi) is 5.63. The number of carbonyl (C=O) groups excluding carboxylic acids is 1. The molecule has 142 valence electrons. The summed E-state index contributed by atoms with van der Waals surface area (Å²) in [6.07, 6.45) is 9.78. The Bertz CT molecular complexity index is 747. The van der Waals surface area contributed by atoms with Crippen molar-refractivity contribution in [3.63, 3.8) is 0 Å². The molecule has 3 heterocycles. The third-order valence-electron chi connectivity index (χ3n) is 5.72. The van der Waals surface area contributed by atoms with Gasteiger partial charge >= 0.3 is 0 Å². The molecule has 4 rings (SSSR count). The summed E-state index contributed by atoms with van der Waals surface area (Å²) < 4.78 is 0. The van der Waals surface area contributed by atoms with Gasteiger partial charge in [0.1, 0.15) is 0 Å². The number of hydrogen-bond acceptors (Lipinski definition) is 5. The van der Waals surface area contributed by atoms with Crippen LogP contribution in [0.4, 0.5) is 11.6 Å². The predicted octanol–water partition coefficient (Wildman–Crippen LogP) is 3.21. The number of benzene rings is 1. The maximum atomic E-state index is 12.5. The number of hydrogen-bond donors (Lipinski definition) is 2. The summed E-state index contributed by atoms with van der Waals surface area (Å²) in [5.74, 6) is 1.13. The van der Waals surface area contributed by atoms with Gasteiger partial charge in [-0.1, -0.05) is 6.42 Å². The smallest absolute Gasteiger partial charge is 0.251 e. The zero-order chi connectivity index (χ0) is 18.5. The molecule has 2 aliphatic rings. The second-order valence-electron chi connectivity index (χ2n) is 7.49. The number of piperidine rings is 2. The molecule has 6 heteroatoms. The van der Waals surface area contributed by atoms with E-state index in [4.69, 9.17) is 0 Å². The Morgan fingerprint density at radius 3 is 2.63 bits per heavy atom.